The van der Waals surface area contributed by atoms with Crippen LogP contribution in [0.25, 0.3) is 28.1 Å². The van der Waals surface area contributed by atoms with E-state index in [-0.39, 0.29) is 0 Å². The van der Waals surface area contributed by atoms with E-state index in [1.807, 2.05) is 24.3 Å². The summed E-state index contributed by atoms with van der Waals surface area (Å²) >= 11 is 0. The van der Waals surface area contributed by atoms with Gasteiger partial charge in [-0.05, 0) is 19.1 Å². The molecular weight excluding hydrogens is 250 g/mol. The van der Waals surface area contributed by atoms with Crippen molar-refractivity contribution in [2.75, 3.05) is 0 Å². The second kappa shape index (κ2) is 4.09. The fourth-order valence-electron chi connectivity index (χ4n) is 2.27. The van der Waals surface area contributed by atoms with Crippen LogP contribution >= 0.6 is 0 Å². The molecule has 0 amide bonds. The van der Waals surface area contributed by atoms with Crippen molar-refractivity contribution in [2.45, 2.75) is 6.92 Å². The van der Waals surface area contributed by atoms with Crippen molar-refractivity contribution in [3.63, 3.8) is 0 Å². The summed E-state index contributed by atoms with van der Waals surface area (Å²) in [5.41, 5.74) is 4.54. The van der Waals surface area contributed by atoms with Crippen molar-refractivity contribution in [1.29, 1.82) is 0 Å². The minimum Gasteiger partial charge on any atom is -0.251 e. The maximum Gasteiger partial charge on any atom is 0.185 e. The molecule has 0 unspecified atom stereocenters. The molecule has 96 valence electrons. The summed E-state index contributed by atoms with van der Waals surface area (Å²) in [5, 5.41) is 4.27. The molecule has 0 saturated carbocycles. The first kappa shape index (κ1) is 11.0. The fraction of sp³-hybridized carbons (Fsp3) is 0.0667. The number of fused-ring (bicyclic) bond motifs is 3. The molecule has 3 aromatic heterocycles. The highest BCUT2D eigenvalue weighted by Crippen LogP contribution is 2.22. The number of hydrogen-bond acceptors (Lipinski definition) is 4. The second-order valence-corrected chi connectivity index (χ2v) is 4.67. The molecule has 5 heteroatoms. The summed E-state index contributed by atoms with van der Waals surface area (Å²) in [6.45, 7) is 2.06. The molecule has 0 aliphatic rings. The largest absolute Gasteiger partial charge is 0.251 e. The molecule has 0 saturated heterocycles. The first-order valence-corrected chi connectivity index (χ1v) is 6.34. The van der Waals surface area contributed by atoms with E-state index in [1.165, 1.54) is 11.9 Å². The molecule has 5 nitrogen and oxygen atoms in total. The highest BCUT2D eigenvalue weighted by molar-refractivity contribution is 5.88. The number of rotatable bonds is 1. The van der Waals surface area contributed by atoms with Gasteiger partial charge in [0.25, 0.3) is 0 Å². The molecule has 4 rings (SSSR count). The Labute approximate surface area is 115 Å². The summed E-state index contributed by atoms with van der Waals surface area (Å²) < 4.78 is 1.74. The van der Waals surface area contributed by atoms with Gasteiger partial charge in [0.15, 0.2) is 11.5 Å². The standard InChI is InChI=1S/C15H11N5/c1-10-4-6-11(7-5-10)14-19-12-3-2-8-16-13(12)15-17-9-18-20(14)15/h2-9H,1H3. The maximum atomic E-state index is 4.67. The molecule has 20 heavy (non-hydrogen) atoms. The lowest BCUT2D eigenvalue weighted by Gasteiger charge is -2.06. The van der Waals surface area contributed by atoms with E-state index >= 15 is 0 Å². The van der Waals surface area contributed by atoms with Gasteiger partial charge in [0.05, 0.1) is 5.52 Å². The molecule has 0 atom stereocenters. The maximum absolute atomic E-state index is 4.67. The van der Waals surface area contributed by atoms with Crippen LogP contribution in [0.3, 0.4) is 0 Å². The smallest absolute Gasteiger partial charge is 0.185 e. The number of hydrogen-bond donors (Lipinski definition) is 0. The van der Waals surface area contributed by atoms with Crippen LogP contribution in [0.4, 0.5) is 0 Å². The Hall–Kier alpha value is -2.82. The monoisotopic (exact) mass is 261 g/mol. The number of benzene rings is 1. The summed E-state index contributed by atoms with van der Waals surface area (Å²) in [6, 6.07) is 12.0. The quantitative estimate of drug-likeness (QED) is 0.528. The van der Waals surface area contributed by atoms with Crippen molar-refractivity contribution < 1.29 is 0 Å². The average Bonchev–Trinajstić information content (AvgIpc) is 2.97. The van der Waals surface area contributed by atoms with E-state index in [4.69, 9.17) is 0 Å². The van der Waals surface area contributed by atoms with Crippen molar-refractivity contribution in [3.8, 4) is 11.4 Å². The Morgan fingerprint density at radius 1 is 1.00 bits per heavy atom. The van der Waals surface area contributed by atoms with Crippen molar-refractivity contribution >= 4 is 16.7 Å². The Kier molecular flexibility index (Phi) is 2.26. The lowest BCUT2D eigenvalue weighted by molar-refractivity contribution is 0.943. The van der Waals surface area contributed by atoms with Crippen LogP contribution in [0.2, 0.25) is 0 Å². The van der Waals surface area contributed by atoms with Gasteiger partial charge in [-0.25, -0.2) is 9.97 Å². The number of nitrogens with zero attached hydrogens (tertiary/aromatic N) is 5. The molecule has 0 radical (unpaired) electrons. The minimum absolute atomic E-state index is 0.728. The Morgan fingerprint density at radius 3 is 2.70 bits per heavy atom. The Balaban J connectivity index is 2.11. The van der Waals surface area contributed by atoms with Crippen LogP contribution in [-0.4, -0.2) is 24.6 Å². The summed E-state index contributed by atoms with van der Waals surface area (Å²) in [6.07, 6.45) is 3.27. The first-order chi connectivity index (χ1) is 9.83. The molecule has 0 aliphatic heterocycles. The predicted octanol–water partition coefficient (Wildman–Crippen LogP) is 2.65. The van der Waals surface area contributed by atoms with Crippen LogP contribution in [-0.2, 0) is 0 Å². The van der Waals surface area contributed by atoms with Gasteiger partial charge in [0, 0.05) is 11.8 Å². The van der Waals surface area contributed by atoms with Crippen LogP contribution in [0, 0.1) is 6.92 Å². The third-order valence-corrected chi connectivity index (χ3v) is 3.28. The van der Waals surface area contributed by atoms with Gasteiger partial charge in [0.2, 0.25) is 0 Å². The summed E-state index contributed by atoms with van der Waals surface area (Å²) in [7, 11) is 0. The van der Waals surface area contributed by atoms with E-state index in [9.17, 15) is 0 Å². The van der Waals surface area contributed by atoms with Gasteiger partial charge in [-0.1, -0.05) is 29.8 Å². The minimum atomic E-state index is 0.728. The van der Waals surface area contributed by atoms with Crippen LogP contribution in [0.1, 0.15) is 5.56 Å². The van der Waals surface area contributed by atoms with Crippen LogP contribution in [0.15, 0.2) is 48.9 Å². The Bertz CT molecular complexity index is 909. The van der Waals surface area contributed by atoms with E-state index in [0.29, 0.717) is 0 Å². The fourth-order valence-corrected chi connectivity index (χ4v) is 2.27. The number of pyridine rings is 1. The van der Waals surface area contributed by atoms with Crippen LogP contribution < -0.4 is 0 Å². The first-order valence-electron chi connectivity index (χ1n) is 6.34. The molecule has 0 N–H and O–H groups in total. The van der Waals surface area contributed by atoms with Gasteiger partial charge in [0.1, 0.15) is 11.8 Å². The van der Waals surface area contributed by atoms with Gasteiger partial charge < -0.3 is 0 Å². The third-order valence-electron chi connectivity index (χ3n) is 3.28. The van der Waals surface area contributed by atoms with Gasteiger partial charge in [-0.3, -0.25) is 4.98 Å². The molecule has 0 fully saturated rings. The normalized spacial score (nSPS) is 11.2. The van der Waals surface area contributed by atoms with Crippen molar-refractivity contribution in [2.24, 2.45) is 0 Å². The van der Waals surface area contributed by atoms with Gasteiger partial charge in [-0.2, -0.15) is 9.61 Å². The summed E-state index contributed by atoms with van der Waals surface area (Å²) in [4.78, 5) is 13.3. The zero-order valence-electron chi connectivity index (χ0n) is 10.9. The molecule has 0 spiro atoms. The highest BCUT2D eigenvalue weighted by atomic mass is 15.3. The van der Waals surface area contributed by atoms with E-state index in [1.54, 1.807) is 10.7 Å². The average molecular weight is 261 g/mol. The molecular formula is C15H11N5. The predicted molar refractivity (Wildman–Crippen MR) is 76.3 cm³/mol. The van der Waals surface area contributed by atoms with Crippen molar-refractivity contribution in [1.82, 2.24) is 24.6 Å². The van der Waals surface area contributed by atoms with E-state index in [2.05, 4.69) is 39.1 Å². The highest BCUT2D eigenvalue weighted by Gasteiger charge is 2.12. The van der Waals surface area contributed by atoms with Crippen LogP contribution in [0.5, 0.6) is 0 Å². The molecule has 0 aliphatic carbocycles. The number of aryl methyl sites for hydroxylation is 1. The van der Waals surface area contributed by atoms with Crippen molar-refractivity contribution in [3.05, 3.63) is 54.5 Å². The Morgan fingerprint density at radius 2 is 1.85 bits per heavy atom. The lowest BCUT2D eigenvalue weighted by atomic mass is 10.1. The zero-order chi connectivity index (χ0) is 13.5. The topological polar surface area (TPSA) is 56.0 Å². The van der Waals surface area contributed by atoms with Gasteiger partial charge in [-0.15, -0.1) is 0 Å². The van der Waals surface area contributed by atoms with E-state index in [0.717, 1.165) is 28.1 Å². The molecule has 0 bridgehead atoms. The molecule has 1 aromatic carbocycles. The number of aromatic nitrogens is 5. The second-order valence-electron chi connectivity index (χ2n) is 4.67. The molecule has 4 aromatic rings. The zero-order valence-corrected chi connectivity index (χ0v) is 10.9. The molecule has 3 heterocycles. The third kappa shape index (κ3) is 1.56. The summed E-state index contributed by atoms with van der Waals surface area (Å²) in [5.74, 6) is 0.776. The lowest BCUT2D eigenvalue weighted by Crippen LogP contribution is -2.00. The SMILES string of the molecule is Cc1ccc(-c2nc3cccnc3c3ncnn23)cc1. The van der Waals surface area contributed by atoms with Gasteiger partial charge >= 0.3 is 0 Å². The van der Waals surface area contributed by atoms with E-state index < -0.39 is 0 Å².